The molecule has 0 aliphatic carbocycles. The van der Waals surface area contributed by atoms with Crippen molar-refractivity contribution in [2.24, 2.45) is 11.8 Å². The van der Waals surface area contributed by atoms with E-state index in [1.54, 1.807) is 11.3 Å². The Morgan fingerprint density at radius 2 is 2.38 bits per heavy atom. The molecule has 5 heteroatoms. The number of aromatic nitrogens is 2. The van der Waals surface area contributed by atoms with Crippen molar-refractivity contribution in [2.45, 2.75) is 26.7 Å². The van der Waals surface area contributed by atoms with Crippen LogP contribution in [0.1, 0.15) is 25.3 Å². The molecule has 0 bridgehead atoms. The van der Waals surface area contributed by atoms with E-state index in [-0.39, 0.29) is 0 Å². The van der Waals surface area contributed by atoms with Gasteiger partial charge in [0.05, 0.1) is 6.61 Å². The van der Waals surface area contributed by atoms with E-state index in [9.17, 15) is 0 Å². The average Bonchev–Trinajstić information content (AvgIpc) is 2.84. The molecule has 1 aromatic heterocycles. The number of hydrogen-bond acceptors (Lipinski definition) is 5. The van der Waals surface area contributed by atoms with Crippen molar-refractivity contribution >= 4 is 16.5 Å². The van der Waals surface area contributed by atoms with E-state index in [0.29, 0.717) is 11.8 Å². The maximum Gasteiger partial charge on any atom is 0.205 e. The minimum Gasteiger partial charge on any atom is -0.381 e. The van der Waals surface area contributed by atoms with Crippen molar-refractivity contribution in [1.82, 2.24) is 10.2 Å². The van der Waals surface area contributed by atoms with Gasteiger partial charge in [-0.3, -0.25) is 0 Å². The third-order valence-electron chi connectivity index (χ3n) is 2.62. The topological polar surface area (TPSA) is 47.0 Å². The Balaban J connectivity index is 1.78. The summed E-state index contributed by atoms with van der Waals surface area (Å²) in [5.74, 6) is 1.28. The Morgan fingerprint density at radius 1 is 1.50 bits per heavy atom. The molecule has 16 heavy (non-hydrogen) atoms. The molecular weight excluding hydrogens is 222 g/mol. The first-order valence-electron chi connectivity index (χ1n) is 5.88. The van der Waals surface area contributed by atoms with Crippen molar-refractivity contribution in [3.8, 4) is 0 Å². The van der Waals surface area contributed by atoms with Crippen molar-refractivity contribution in [3.05, 3.63) is 5.01 Å². The van der Waals surface area contributed by atoms with Crippen LogP contribution in [-0.2, 0) is 11.2 Å². The zero-order valence-electron chi connectivity index (χ0n) is 9.90. The fourth-order valence-corrected chi connectivity index (χ4v) is 2.69. The number of anilines is 1. The molecule has 2 rings (SSSR count). The first-order valence-corrected chi connectivity index (χ1v) is 6.69. The van der Waals surface area contributed by atoms with Crippen LogP contribution in [-0.4, -0.2) is 30.0 Å². The minimum atomic E-state index is 0.637. The number of hydrogen-bond donors (Lipinski definition) is 1. The maximum absolute atomic E-state index is 5.33. The lowest BCUT2D eigenvalue weighted by atomic mass is 10.1. The molecule has 0 saturated carbocycles. The Kier molecular flexibility index (Phi) is 4.12. The number of nitrogens with one attached hydrogen (secondary N) is 1. The lowest BCUT2D eigenvalue weighted by molar-refractivity contribution is 0.187. The van der Waals surface area contributed by atoms with Gasteiger partial charge in [0.1, 0.15) is 5.01 Å². The van der Waals surface area contributed by atoms with Gasteiger partial charge in [-0.25, -0.2) is 0 Å². The summed E-state index contributed by atoms with van der Waals surface area (Å²) in [4.78, 5) is 0. The highest BCUT2D eigenvalue weighted by atomic mass is 32.1. The zero-order valence-corrected chi connectivity index (χ0v) is 10.7. The van der Waals surface area contributed by atoms with Crippen LogP contribution in [0, 0.1) is 11.8 Å². The molecule has 1 aliphatic rings. The van der Waals surface area contributed by atoms with Crippen LogP contribution < -0.4 is 5.32 Å². The Hall–Kier alpha value is -0.680. The molecule has 1 aromatic rings. The molecule has 0 aromatic carbocycles. The van der Waals surface area contributed by atoms with Crippen LogP contribution in [0.5, 0.6) is 0 Å². The van der Waals surface area contributed by atoms with Crippen molar-refractivity contribution < 1.29 is 4.74 Å². The maximum atomic E-state index is 5.33. The fourth-order valence-electron chi connectivity index (χ4n) is 1.73. The molecule has 1 fully saturated rings. The molecular formula is C11H19N3OS. The lowest BCUT2D eigenvalue weighted by Crippen LogP contribution is -2.13. The van der Waals surface area contributed by atoms with Gasteiger partial charge in [0.15, 0.2) is 0 Å². The number of ether oxygens (including phenoxy) is 1. The summed E-state index contributed by atoms with van der Waals surface area (Å²) in [7, 11) is 0. The second-order valence-corrected chi connectivity index (χ2v) is 5.77. The van der Waals surface area contributed by atoms with Gasteiger partial charge in [0.25, 0.3) is 0 Å². The van der Waals surface area contributed by atoms with Gasteiger partial charge < -0.3 is 10.1 Å². The lowest BCUT2D eigenvalue weighted by Gasteiger charge is -2.06. The third-order valence-corrected chi connectivity index (χ3v) is 3.52. The highest BCUT2D eigenvalue weighted by molar-refractivity contribution is 7.15. The summed E-state index contributed by atoms with van der Waals surface area (Å²) in [6, 6.07) is 0. The molecule has 1 atom stereocenters. The largest absolute Gasteiger partial charge is 0.381 e. The molecule has 1 unspecified atom stereocenters. The van der Waals surface area contributed by atoms with Gasteiger partial charge in [0.2, 0.25) is 5.13 Å². The molecule has 1 aliphatic heterocycles. The number of rotatable bonds is 5. The van der Waals surface area contributed by atoms with E-state index >= 15 is 0 Å². The van der Waals surface area contributed by atoms with Gasteiger partial charge in [-0.1, -0.05) is 25.2 Å². The molecule has 0 amide bonds. The van der Waals surface area contributed by atoms with E-state index in [0.717, 1.165) is 42.7 Å². The molecule has 1 N–H and O–H groups in total. The average molecular weight is 241 g/mol. The van der Waals surface area contributed by atoms with Crippen LogP contribution in [0.25, 0.3) is 0 Å². The van der Waals surface area contributed by atoms with E-state index < -0.39 is 0 Å². The predicted octanol–water partition coefficient (Wildman–Crippen LogP) is 2.18. The summed E-state index contributed by atoms with van der Waals surface area (Å²) >= 11 is 1.67. The van der Waals surface area contributed by atoms with Gasteiger partial charge >= 0.3 is 0 Å². The summed E-state index contributed by atoms with van der Waals surface area (Å²) in [5, 5.41) is 13.7. The molecule has 4 nitrogen and oxygen atoms in total. The predicted molar refractivity (Wildman–Crippen MR) is 65.9 cm³/mol. The molecule has 0 spiro atoms. The third kappa shape index (κ3) is 3.42. The molecule has 2 heterocycles. The van der Waals surface area contributed by atoms with Crippen LogP contribution >= 0.6 is 11.3 Å². The summed E-state index contributed by atoms with van der Waals surface area (Å²) in [6.07, 6.45) is 2.18. The van der Waals surface area contributed by atoms with Gasteiger partial charge in [-0.05, 0) is 12.3 Å². The second-order valence-electron chi connectivity index (χ2n) is 4.71. The SMILES string of the molecule is CC(C)Cc1nnc(NCC2CCOC2)s1. The Labute approximate surface area is 100 Å². The molecule has 0 radical (unpaired) electrons. The highest BCUT2D eigenvalue weighted by Gasteiger charge is 2.15. The van der Waals surface area contributed by atoms with Crippen molar-refractivity contribution in [3.63, 3.8) is 0 Å². The van der Waals surface area contributed by atoms with E-state index in [2.05, 4.69) is 29.4 Å². The Bertz CT molecular complexity index is 321. The number of nitrogens with zero attached hydrogens (tertiary/aromatic N) is 2. The van der Waals surface area contributed by atoms with Gasteiger partial charge in [0, 0.05) is 25.5 Å². The highest BCUT2D eigenvalue weighted by Crippen LogP contribution is 2.19. The standard InChI is InChI=1S/C11H19N3OS/c1-8(2)5-10-13-14-11(16-10)12-6-9-3-4-15-7-9/h8-9H,3-7H2,1-2H3,(H,12,14). The van der Waals surface area contributed by atoms with Crippen LogP contribution in [0.15, 0.2) is 0 Å². The summed E-state index contributed by atoms with van der Waals surface area (Å²) in [6.45, 7) is 7.14. The quantitative estimate of drug-likeness (QED) is 0.858. The summed E-state index contributed by atoms with van der Waals surface area (Å²) < 4.78 is 5.33. The molecule has 1 saturated heterocycles. The van der Waals surface area contributed by atoms with E-state index in [1.165, 1.54) is 0 Å². The monoisotopic (exact) mass is 241 g/mol. The molecule has 90 valence electrons. The normalized spacial score (nSPS) is 20.6. The first-order chi connectivity index (χ1) is 7.74. The summed E-state index contributed by atoms with van der Waals surface area (Å²) in [5.41, 5.74) is 0. The zero-order chi connectivity index (χ0) is 11.4. The van der Waals surface area contributed by atoms with Crippen LogP contribution in [0.3, 0.4) is 0 Å². The Morgan fingerprint density at radius 3 is 3.06 bits per heavy atom. The first kappa shape index (κ1) is 11.8. The smallest absolute Gasteiger partial charge is 0.205 e. The second kappa shape index (κ2) is 5.59. The van der Waals surface area contributed by atoms with Crippen LogP contribution in [0.4, 0.5) is 5.13 Å². The van der Waals surface area contributed by atoms with Crippen molar-refractivity contribution in [2.75, 3.05) is 25.1 Å². The van der Waals surface area contributed by atoms with Gasteiger partial charge in [-0.2, -0.15) is 0 Å². The fraction of sp³-hybridized carbons (Fsp3) is 0.818. The van der Waals surface area contributed by atoms with E-state index in [1.807, 2.05) is 0 Å². The minimum absolute atomic E-state index is 0.637. The van der Waals surface area contributed by atoms with Crippen molar-refractivity contribution in [1.29, 1.82) is 0 Å². The van der Waals surface area contributed by atoms with E-state index in [4.69, 9.17) is 4.74 Å². The van der Waals surface area contributed by atoms with Gasteiger partial charge in [-0.15, -0.1) is 10.2 Å². The van der Waals surface area contributed by atoms with Crippen LogP contribution in [0.2, 0.25) is 0 Å².